The molecule has 5 heteroatoms. The molecule has 0 spiro atoms. The van der Waals surface area contributed by atoms with Crippen molar-refractivity contribution in [1.82, 2.24) is 9.97 Å². The molecule has 0 aliphatic rings. The molecule has 0 amide bonds. The highest BCUT2D eigenvalue weighted by Gasteiger charge is 2.18. The number of thiophene rings is 1. The van der Waals surface area contributed by atoms with Crippen LogP contribution in [0.15, 0.2) is 47.1 Å². The van der Waals surface area contributed by atoms with Gasteiger partial charge in [-0.05, 0) is 25.3 Å². The zero-order valence-corrected chi connectivity index (χ0v) is 13.4. The summed E-state index contributed by atoms with van der Waals surface area (Å²) in [7, 11) is 0. The van der Waals surface area contributed by atoms with Gasteiger partial charge in [-0.15, -0.1) is 11.3 Å². The number of benzene rings is 1. The van der Waals surface area contributed by atoms with Gasteiger partial charge in [0.05, 0.1) is 15.5 Å². The Bertz CT molecular complexity index is 780. The topological polar surface area (TPSA) is 42.9 Å². The van der Waals surface area contributed by atoms with E-state index in [1.165, 1.54) is 11.8 Å². The van der Waals surface area contributed by atoms with Gasteiger partial charge in [0.2, 0.25) is 0 Å². The second-order valence-corrected chi connectivity index (χ2v) is 7.05. The van der Waals surface area contributed by atoms with Crippen molar-refractivity contribution < 1.29 is 4.79 Å². The standard InChI is InChI=1S/C16H14N2OS2/c1-10-3-5-12(6-4-10)14(19)11(2)21-16-15-13(7-8-20-15)17-9-18-16/h3-9,11H,1-2H3. The zero-order chi connectivity index (χ0) is 14.8. The van der Waals surface area contributed by atoms with Crippen molar-refractivity contribution >= 4 is 39.1 Å². The van der Waals surface area contributed by atoms with Gasteiger partial charge in [0.25, 0.3) is 0 Å². The maximum atomic E-state index is 12.5. The predicted octanol–water partition coefficient (Wildman–Crippen LogP) is 4.36. The smallest absolute Gasteiger partial charge is 0.175 e. The minimum absolute atomic E-state index is 0.128. The number of aromatic nitrogens is 2. The van der Waals surface area contributed by atoms with Crippen molar-refractivity contribution in [3.05, 3.63) is 53.2 Å². The Kier molecular flexibility index (Phi) is 4.03. The summed E-state index contributed by atoms with van der Waals surface area (Å²) in [6, 6.07) is 9.67. The molecule has 0 saturated carbocycles. The molecule has 0 aliphatic carbocycles. The van der Waals surface area contributed by atoms with Crippen LogP contribution in [0, 0.1) is 6.92 Å². The molecule has 3 rings (SSSR count). The van der Waals surface area contributed by atoms with Crippen molar-refractivity contribution in [2.24, 2.45) is 0 Å². The van der Waals surface area contributed by atoms with E-state index in [9.17, 15) is 4.79 Å². The molecule has 3 aromatic rings. The van der Waals surface area contributed by atoms with Crippen LogP contribution in [0.1, 0.15) is 22.8 Å². The molecule has 21 heavy (non-hydrogen) atoms. The van der Waals surface area contributed by atoms with Crippen molar-refractivity contribution in [2.45, 2.75) is 24.1 Å². The molecular weight excluding hydrogens is 300 g/mol. The number of hydrogen-bond donors (Lipinski definition) is 0. The summed E-state index contributed by atoms with van der Waals surface area (Å²) >= 11 is 3.10. The van der Waals surface area contributed by atoms with Crippen molar-refractivity contribution in [3.8, 4) is 0 Å². The SMILES string of the molecule is Cc1ccc(C(=O)C(C)Sc2ncnc3ccsc23)cc1. The first-order valence-electron chi connectivity index (χ1n) is 6.61. The number of carbonyl (C=O) groups excluding carboxylic acids is 1. The lowest BCUT2D eigenvalue weighted by atomic mass is 10.1. The van der Waals surface area contributed by atoms with E-state index in [1.807, 2.05) is 49.6 Å². The quantitative estimate of drug-likeness (QED) is 0.407. The van der Waals surface area contributed by atoms with E-state index < -0.39 is 0 Å². The monoisotopic (exact) mass is 314 g/mol. The maximum Gasteiger partial charge on any atom is 0.175 e. The Morgan fingerprint density at radius 1 is 1.19 bits per heavy atom. The van der Waals surface area contributed by atoms with E-state index in [0.29, 0.717) is 0 Å². The van der Waals surface area contributed by atoms with Crippen LogP contribution in [0.2, 0.25) is 0 Å². The Balaban J connectivity index is 1.82. The Labute approximate surface area is 131 Å². The molecule has 1 atom stereocenters. The number of fused-ring (bicyclic) bond motifs is 1. The van der Waals surface area contributed by atoms with E-state index in [2.05, 4.69) is 9.97 Å². The van der Waals surface area contributed by atoms with E-state index in [4.69, 9.17) is 0 Å². The van der Waals surface area contributed by atoms with Gasteiger partial charge in [-0.2, -0.15) is 0 Å². The second-order valence-electron chi connectivity index (χ2n) is 4.80. The molecule has 106 valence electrons. The number of rotatable bonds is 4. The molecule has 2 heterocycles. The summed E-state index contributed by atoms with van der Waals surface area (Å²) in [5.41, 5.74) is 2.84. The van der Waals surface area contributed by atoms with Crippen LogP contribution < -0.4 is 0 Å². The van der Waals surface area contributed by atoms with Crippen molar-refractivity contribution in [1.29, 1.82) is 0 Å². The fraction of sp³-hybridized carbons (Fsp3) is 0.188. The molecule has 0 N–H and O–H groups in total. The number of Topliss-reactive ketones (excluding diaryl/α,β-unsaturated/α-hetero) is 1. The Morgan fingerprint density at radius 3 is 2.71 bits per heavy atom. The highest BCUT2D eigenvalue weighted by molar-refractivity contribution is 8.00. The Hall–Kier alpha value is -1.72. The van der Waals surface area contributed by atoms with Crippen LogP contribution in [-0.2, 0) is 0 Å². The average Bonchev–Trinajstić information content (AvgIpc) is 2.97. The van der Waals surface area contributed by atoms with Gasteiger partial charge in [0, 0.05) is 5.56 Å². The van der Waals surface area contributed by atoms with Crippen LogP contribution >= 0.6 is 23.1 Å². The van der Waals surface area contributed by atoms with Gasteiger partial charge in [-0.25, -0.2) is 9.97 Å². The van der Waals surface area contributed by atoms with Crippen LogP contribution in [0.3, 0.4) is 0 Å². The number of carbonyl (C=O) groups is 1. The fourth-order valence-electron chi connectivity index (χ4n) is 2.02. The van der Waals surface area contributed by atoms with Gasteiger partial charge in [-0.3, -0.25) is 4.79 Å². The van der Waals surface area contributed by atoms with Gasteiger partial charge < -0.3 is 0 Å². The van der Waals surface area contributed by atoms with E-state index >= 15 is 0 Å². The molecule has 0 fully saturated rings. The third kappa shape index (κ3) is 2.99. The first-order chi connectivity index (χ1) is 10.1. The van der Waals surface area contributed by atoms with Crippen LogP contribution in [-0.4, -0.2) is 21.0 Å². The van der Waals surface area contributed by atoms with Crippen LogP contribution in [0.4, 0.5) is 0 Å². The van der Waals surface area contributed by atoms with Crippen LogP contribution in [0.5, 0.6) is 0 Å². The highest BCUT2D eigenvalue weighted by atomic mass is 32.2. The summed E-state index contributed by atoms with van der Waals surface area (Å²) in [5, 5.41) is 2.70. The number of ketones is 1. The van der Waals surface area contributed by atoms with Gasteiger partial charge in [0.1, 0.15) is 11.4 Å². The molecule has 0 radical (unpaired) electrons. The number of hydrogen-bond acceptors (Lipinski definition) is 5. The summed E-state index contributed by atoms with van der Waals surface area (Å²) in [6.07, 6.45) is 1.56. The van der Waals surface area contributed by atoms with Gasteiger partial charge in [-0.1, -0.05) is 41.6 Å². The lowest BCUT2D eigenvalue weighted by Gasteiger charge is -2.10. The molecule has 1 aromatic carbocycles. The van der Waals surface area contributed by atoms with E-state index in [1.54, 1.807) is 17.7 Å². The largest absolute Gasteiger partial charge is 0.293 e. The summed E-state index contributed by atoms with van der Waals surface area (Å²) in [5.74, 6) is 0.128. The normalized spacial score (nSPS) is 12.5. The maximum absolute atomic E-state index is 12.5. The summed E-state index contributed by atoms with van der Waals surface area (Å²) in [6.45, 7) is 3.94. The highest BCUT2D eigenvalue weighted by Crippen LogP contribution is 2.32. The number of aryl methyl sites for hydroxylation is 1. The lowest BCUT2D eigenvalue weighted by molar-refractivity contribution is 0.0994. The summed E-state index contributed by atoms with van der Waals surface area (Å²) < 4.78 is 1.05. The molecule has 0 aliphatic heterocycles. The average molecular weight is 314 g/mol. The molecule has 0 bridgehead atoms. The van der Waals surface area contributed by atoms with E-state index in [-0.39, 0.29) is 11.0 Å². The predicted molar refractivity (Wildman–Crippen MR) is 88.2 cm³/mol. The first-order valence-corrected chi connectivity index (χ1v) is 8.37. The van der Waals surface area contributed by atoms with Gasteiger partial charge in [0.15, 0.2) is 5.78 Å². The van der Waals surface area contributed by atoms with Gasteiger partial charge >= 0.3 is 0 Å². The lowest BCUT2D eigenvalue weighted by Crippen LogP contribution is -2.13. The molecule has 3 nitrogen and oxygen atoms in total. The molecule has 2 aromatic heterocycles. The third-order valence-electron chi connectivity index (χ3n) is 3.20. The number of nitrogens with zero attached hydrogens (tertiary/aromatic N) is 2. The second kappa shape index (κ2) is 5.95. The summed E-state index contributed by atoms with van der Waals surface area (Å²) in [4.78, 5) is 21.0. The molecule has 0 saturated heterocycles. The third-order valence-corrected chi connectivity index (χ3v) is 5.34. The molecular formula is C16H14N2OS2. The fourth-order valence-corrected chi connectivity index (χ4v) is 3.94. The van der Waals surface area contributed by atoms with Crippen LogP contribution in [0.25, 0.3) is 10.2 Å². The van der Waals surface area contributed by atoms with Crippen molar-refractivity contribution in [3.63, 3.8) is 0 Å². The number of thioether (sulfide) groups is 1. The minimum Gasteiger partial charge on any atom is -0.293 e. The Morgan fingerprint density at radius 2 is 1.95 bits per heavy atom. The van der Waals surface area contributed by atoms with E-state index in [0.717, 1.165) is 26.4 Å². The minimum atomic E-state index is -0.173. The molecule has 1 unspecified atom stereocenters. The first kappa shape index (κ1) is 14.2. The zero-order valence-electron chi connectivity index (χ0n) is 11.7. The van der Waals surface area contributed by atoms with Crippen molar-refractivity contribution in [2.75, 3.05) is 0 Å².